The number of carboxylic acids is 1. The lowest BCUT2D eigenvalue weighted by Gasteiger charge is -2.36. The first kappa shape index (κ1) is 26.3. The van der Waals surface area contributed by atoms with Crippen LogP contribution in [0.5, 0.6) is 0 Å². The molecule has 0 bridgehead atoms. The molecule has 10 nitrogen and oxygen atoms in total. The molecular weight excluding hydrogens is 479 g/mol. The number of carbonyl (C=O) groups excluding carboxylic acids is 1. The number of rotatable bonds is 7. The molecule has 2 N–H and O–H groups in total. The first-order valence-electron chi connectivity index (χ1n) is 12.4. The van der Waals surface area contributed by atoms with E-state index >= 15 is 0 Å². The average molecular weight is 513 g/mol. The monoisotopic (exact) mass is 512 g/mol. The summed E-state index contributed by atoms with van der Waals surface area (Å²) in [5, 5.41) is 16.5. The molecule has 37 heavy (non-hydrogen) atoms. The molecule has 198 valence electrons. The van der Waals surface area contributed by atoms with E-state index in [2.05, 4.69) is 25.3 Å². The first-order chi connectivity index (χ1) is 17.4. The highest BCUT2D eigenvalue weighted by molar-refractivity contribution is 5.94. The van der Waals surface area contributed by atoms with Gasteiger partial charge in [0, 0.05) is 30.0 Å². The van der Waals surface area contributed by atoms with Gasteiger partial charge in [-0.3, -0.25) is 4.98 Å². The number of pyridine rings is 1. The molecule has 1 aliphatic heterocycles. The highest BCUT2D eigenvalue weighted by atomic mass is 19.1. The van der Waals surface area contributed by atoms with Gasteiger partial charge < -0.3 is 20.1 Å². The van der Waals surface area contributed by atoms with E-state index in [4.69, 9.17) is 4.74 Å². The van der Waals surface area contributed by atoms with Gasteiger partial charge in [-0.2, -0.15) is 5.10 Å². The minimum absolute atomic E-state index is 0.0283. The van der Waals surface area contributed by atoms with Gasteiger partial charge in [0.1, 0.15) is 22.8 Å². The number of aryl methyl sites for hydroxylation is 2. The van der Waals surface area contributed by atoms with Gasteiger partial charge in [-0.05, 0) is 71.9 Å². The lowest BCUT2D eigenvalue weighted by molar-refractivity contribution is 0.0505. The van der Waals surface area contributed by atoms with Crippen molar-refractivity contribution < 1.29 is 23.8 Å². The predicted molar refractivity (Wildman–Crippen MR) is 135 cm³/mol. The predicted octanol–water partition coefficient (Wildman–Crippen LogP) is 4.32. The van der Waals surface area contributed by atoms with Crippen LogP contribution in [-0.4, -0.2) is 54.9 Å². The van der Waals surface area contributed by atoms with Crippen molar-refractivity contribution in [2.45, 2.75) is 78.0 Å². The van der Waals surface area contributed by atoms with Crippen LogP contribution in [0.4, 0.5) is 15.0 Å². The fraction of sp³-hybridized carbons (Fsp3) is 0.500. The van der Waals surface area contributed by atoms with Crippen LogP contribution in [0.25, 0.3) is 5.65 Å². The number of carbonyl (C=O) groups is 2. The van der Waals surface area contributed by atoms with Crippen LogP contribution in [0, 0.1) is 5.82 Å². The third-order valence-corrected chi connectivity index (χ3v) is 6.36. The molecule has 1 amide bonds. The number of hydrogen-bond acceptors (Lipinski definition) is 7. The zero-order valence-corrected chi connectivity index (χ0v) is 21.8. The van der Waals surface area contributed by atoms with E-state index in [1.54, 1.807) is 20.8 Å². The third kappa shape index (κ3) is 5.98. The number of aromatic carboxylic acids is 1. The summed E-state index contributed by atoms with van der Waals surface area (Å²) in [4.78, 5) is 34.9. The molecule has 0 saturated carbocycles. The fourth-order valence-electron chi connectivity index (χ4n) is 4.59. The number of hydrogen-bond donors (Lipinski definition) is 2. The minimum Gasteiger partial charge on any atom is -0.477 e. The Balaban J connectivity index is 1.57. The molecule has 1 unspecified atom stereocenters. The largest absolute Gasteiger partial charge is 0.477 e. The zero-order valence-electron chi connectivity index (χ0n) is 21.8. The van der Waals surface area contributed by atoms with Crippen LogP contribution in [0.2, 0.25) is 0 Å². The number of aromatic nitrogens is 4. The number of anilines is 1. The third-order valence-electron chi connectivity index (χ3n) is 6.36. The van der Waals surface area contributed by atoms with Gasteiger partial charge in [0.25, 0.3) is 0 Å². The van der Waals surface area contributed by atoms with Crippen LogP contribution >= 0.6 is 0 Å². The lowest BCUT2D eigenvalue weighted by Crippen LogP contribution is -2.38. The number of halogens is 1. The highest BCUT2D eigenvalue weighted by Gasteiger charge is 2.28. The molecule has 3 aromatic rings. The lowest BCUT2D eigenvalue weighted by atomic mass is 9.97. The molecular formula is C26H33FN6O4. The SMILES string of the molecule is CC(c1cc(F)cnc1CC[C@@H](C)NC(=O)OC(C)(C)C)N1CCCc2cn3ncc(C(=O)O)c3nc21. The number of carboxylic acid groups (broad SMARTS) is 1. The summed E-state index contributed by atoms with van der Waals surface area (Å²) in [5.74, 6) is -0.858. The Labute approximate surface area is 214 Å². The van der Waals surface area contributed by atoms with Crippen LogP contribution in [0.15, 0.2) is 24.7 Å². The van der Waals surface area contributed by atoms with E-state index in [0.717, 1.165) is 29.7 Å². The van der Waals surface area contributed by atoms with Crippen LogP contribution in [0.3, 0.4) is 0 Å². The molecule has 0 radical (unpaired) electrons. The van der Waals surface area contributed by atoms with Crippen molar-refractivity contribution >= 4 is 23.5 Å². The Morgan fingerprint density at radius 2 is 2.03 bits per heavy atom. The molecule has 1 aliphatic rings. The topological polar surface area (TPSA) is 122 Å². The molecule has 11 heteroatoms. The van der Waals surface area contributed by atoms with Crippen molar-refractivity contribution in [3.8, 4) is 0 Å². The summed E-state index contributed by atoms with van der Waals surface area (Å²) < 4.78 is 21.2. The number of amides is 1. The van der Waals surface area contributed by atoms with Gasteiger partial charge >= 0.3 is 12.1 Å². The van der Waals surface area contributed by atoms with Crippen molar-refractivity contribution in [2.75, 3.05) is 11.4 Å². The molecule has 0 fully saturated rings. The zero-order chi connectivity index (χ0) is 26.9. The summed E-state index contributed by atoms with van der Waals surface area (Å²) in [7, 11) is 0. The van der Waals surface area contributed by atoms with Crippen molar-refractivity contribution in [2.24, 2.45) is 0 Å². The van der Waals surface area contributed by atoms with E-state index in [-0.39, 0.29) is 23.3 Å². The van der Waals surface area contributed by atoms with Crippen molar-refractivity contribution in [1.29, 1.82) is 0 Å². The van der Waals surface area contributed by atoms with Gasteiger partial charge in [-0.1, -0.05) is 0 Å². The van der Waals surface area contributed by atoms with Gasteiger partial charge in [0.05, 0.1) is 18.4 Å². The number of nitrogens with one attached hydrogen (secondary N) is 1. The minimum atomic E-state index is -1.09. The molecule has 2 atom stereocenters. The molecule has 4 heterocycles. The van der Waals surface area contributed by atoms with E-state index in [9.17, 15) is 19.1 Å². The fourth-order valence-corrected chi connectivity index (χ4v) is 4.59. The summed E-state index contributed by atoms with van der Waals surface area (Å²) in [5.41, 5.74) is 2.12. The number of ether oxygens (including phenoxy) is 1. The van der Waals surface area contributed by atoms with Gasteiger partial charge in [-0.15, -0.1) is 0 Å². The van der Waals surface area contributed by atoms with Crippen molar-refractivity contribution in [3.63, 3.8) is 0 Å². The smallest absolute Gasteiger partial charge is 0.407 e. The number of fused-ring (bicyclic) bond motifs is 2. The normalized spacial score (nSPS) is 15.2. The maximum absolute atomic E-state index is 14.4. The molecule has 3 aromatic heterocycles. The van der Waals surface area contributed by atoms with E-state index in [1.165, 1.54) is 23.0 Å². The van der Waals surface area contributed by atoms with Gasteiger partial charge in [0.2, 0.25) is 0 Å². The number of alkyl carbamates (subject to hydrolysis) is 1. The molecule has 0 spiro atoms. The van der Waals surface area contributed by atoms with E-state index in [1.807, 2.05) is 20.0 Å². The highest BCUT2D eigenvalue weighted by Crippen LogP contribution is 2.34. The van der Waals surface area contributed by atoms with Crippen LogP contribution in [0.1, 0.15) is 80.7 Å². The summed E-state index contributed by atoms with van der Waals surface area (Å²) in [6.45, 7) is 9.96. The second-order valence-electron chi connectivity index (χ2n) is 10.5. The van der Waals surface area contributed by atoms with Crippen molar-refractivity contribution in [1.82, 2.24) is 24.9 Å². The Hall–Kier alpha value is -3.76. The summed E-state index contributed by atoms with van der Waals surface area (Å²) >= 11 is 0. The second kappa shape index (κ2) is 10.3. The van der Waals surface area contributed by atoms with Gasteiger partial charge in [-0.25, -0.2) is 23.5 Å². The Kier molecular flexibility index (Phi) is 7.33. The summed E-state index contributed by atoms with van der Waals surface area (Å²) in [6, 6.07) is 1.05. The second-order valence-corrected chi connectivity index (χ2v) is 10.5. The van der Waals surface area contributed by atoms with Crippen LogP contribution in [-0.2, 0) is 17.6 Å². The Bertz CT molecular complexity index is 1320. The molecule has 0 saturated heterocycles. The molecule has 0 aromatic carbocycles. The van der Waals surface area contributed by atoms with Crippen LogP contribution < -0.4 is 10.2 Å². The van der Waals surface area contributed by atoms with Gasteiger partial charge in [0.15, 0.2) is 5.65 Å². The Morgan fingerprint density at radius 3 is 2.73 bits per heavy atom. The standard InChI is InChI=1S/C26H33FN6O4/c1-15(30-25(36)37-26(3,4)5)8-9-21-19(11-18(27)12-28-21)16(2)32-10-6-7-17-14-33-23(31-22(17)32)20(13-29-33)24(34)35/h11-16H,6-10H2,1-5H3,(H,30,36)(H,34,35)/t15-,16?/m1/s1. The Morgan fingerprint density at radius 1 is 1.27 bits per heavy atom. The van der Waals surface area contributed by atoms with Crippen molar-refractivity contribution in [3.05, 3.63) is 52.9 Å². The molecule has 4 rings (SSSR count). The first-order valence-corrected chi connectivity index (χ1v) is 12.4. The average Bonchev–Trinajstić information content (AvgIpc) is 3.22. The maximum atomic E-state index is 14.4. The summed E-state index contributed by atoms with van der Waals surface area (Å²) in [6.07, 6.45) is 6.60. The quantitative estimate of drug-likeness (QED) is 0.480. The number of nitrogens with zero attached hydrogens (tertiary/aromatic N) is 5. The van der Waals surface area contributed by atoms with E-state index < -0.39 is 23.5 Å². The van der Waals surface area contributed by atoms with E-state index in [0.29, 0.717) is 25.2 Å². The maximum Gasteiger partial charge on any atom is 0.407 e. The molecule has 0 aliphatic carbocycles.